The molecule has 1 aliphatic rings. The van der Waals surface area contributed by atoms with Crippen LogP contribution in [0.5, 0.6) is 0 Å². The summed E-state index contributed by atoms with van der Waals surface area (Å²) >= 11 is 0. The Hall–Kier alpha value is -0.810. The molecule has 23 heavy (non-hydrogen) atoms. The summed E-state index contributed by atoms with van der Waals surface area (Å²) in [5, 5.41) is 6.75. The first-order valence-corrected chi connectivity index (χ1v) is 9.53. The van der Waals surface area contributed by atoms with Gasteiger partial charge in [-0.3, -0.25) is 4.99 Å². The van der Waals surface area contributed by atoms with E-state index in [9.17, 15) is 0 Å². The van der Waals surface area contributed by atoms with Crippen LogP contribution >= 0.6 is 0 Å². The second-order valence-corrected chi connectivity index (χ2v) is 6.06. The zero-order chi connectivity index (χ0) is 16.8. The van der Waals surface area contributed by atoms with Crippen molar-refractivity contribution >= 4 is 5.96 Å². The van der Waals surface area contributed by atoms with Gasteiger partial charge in [-0.15, -0.1) is 0 Å². The van der Waals surface area contributed by atoms with Crippen molar-refractivity contribution in [2.45, 2.75) is 65.4 Å². The predicted octanol–water partition coefficient (Wildman–Crippen LogP) is 2.95. The number of aliphatic imine (C=N–C) groups is 1. The van der Waals surface area contributed by atoms with Crippen LogP contribution in [0.3, 0.4) is 0 Å². The van der Waals surface area contributed by atoms with E-state index in [0.29, 0.717) is 6.10 Å². The molecular weight excluding hydrogens is 290 g/mol. The predicted molar refractivity (Wildman–Crippen MR) is 97.1 cm³/mol. The van der Waals surface area contributed by atoms with Gasteiger partial charge in [0.05, 0.1) is 6.10 Å². The fourth-order valence-corrected chi connectivity index (χ4v) is 3.17. The quantitative estimate of drug-likeness (QED) is 0.329. The lowest BCUT2D eigenvalue weighted by molar-refractivity contribution is 0.0169. The number of hydrogen-bond donors (Lipinski definition) is 2. The molecule has 0 amide bonds. The van der Waals surface area contributed by atoms with Crippen molar-refractivity contribution < 1.29 is 9.47 Å². The minimum absolute atomic E-state index is 0.399. The summed E-state index contributed by atoms with van der Waals surface area (Å²) in [7, 11) is 0. The molecular formula is C18H37N3O2. The molecule has 0 saturated heterocycles. The third-order valence-electron chi connectivity index (χ3n) is 4.29. The van der Waals surface area contributed by atoms with Crippen LogP contribution in [0.1, 0.15) is 59.3 Å². The molecule has 0 aromatic heterocycles. The Balaban J connectivity index is 2.29. The first-order chi connectivity index (χ1) is 11.3. The van der Waals surface area contributed by atoms with Gasteiger partial charge in [0.2, 0.25) is 0 Å². The average Bonchev–Trinajstić information content (AvgIpc) is 3.08. The van der Waals surface area contributed by atoms with Crippen LogP contribution in [0.15, 0.2) is 4.99 Å². The fourth-order valence-electron chi connectivity index (χ4n) is 3.17. The maximum absolute atomic E-state index is 5.98. The largest absolute Gasteiger partial charge is 0.382 e. The van der Waals surface area contributed by atoms with Gasteiger partial charge in [0.25, 0.3) is 0 Å². The van der Waals surface area contributed by atoms with Gasteiger partial charge in [0, 0.05) is 39.5 Å². The van der Waals surface area contributed by atoms with Crippen LogP contribution in [0.4, 0.5) is 0 Å². The first kappa shape index (κ1) is 20.2. The smallest absolute Gasteiger partial charge is 0.191 e. The van der Waals surface area contributed by atoms with Gasteiger partial charge in [-0.25, -0.2) is 0 Å². The average molecular weight is 328 g/mol. The summed E-state index contributed by atoms with van der Waals surface area (Å²) in [4.78, 5) is 4.60. The molecule has 5 heteroatoms. The van der Waals surface area contributed by atoms with Crippen LogP contribution < -0.4 is 10.6 Å². The lowest BCUT2D eigenvalue weighted by Gasteiger charge is -2.24. The highest BCUT2D eigenvalue weighted by molar-refractivity contribution is 5.79. The van der Waals surface area contributed by atoms with E-state index in [1.54, 1.807) is 0 Å². The molecule has 0 aromatic rings. The highest BCUT2D eigenvalue weighted by Crippen LogP contribution is 2.30. The number of nitrogens with one attached hydrogen (secondary N) is 2. The van der Waals surface area contributed by atoms with E-state index in [2.05, 4.69) is 29.5 Å². The van der Waals surface area contributed by atoms with Crippen molar-refractivity contribution in [3.63, 3.8) is 0 Å². The van der Waals surface area contributed by atoms with Gasteiger partial charge < -0.3 is 20.1 Å². The number of hydrogen-bond acceptors (Lipinski definition) is 3. The minimum Gasteiger partial charge on any atom is -0.382 e. The van der Waals surface area contributed by atoms with Gasteiger partial charge >= 0.3 is 0 Å². The molecule has 1 fully saturated rings. The van der Waals surface area contributed by atoms with Crippen molar-refractivity contribution in [1.29, 1.82) is 0 Å². The Morgan fingerprint density at radius 1 is 1.13 bits per heavy atom. The zero-order valence-electron chi connectivity index (χ0n) is 15.4. The van der Waals surface area contributed by atoms with E-state index in [1.165, 1.54) is 25.7 Å². The van der Waals surface area contributed by atoms with Crippen LogP contribution in [0.2, 0.25) is 0 Å². The normalized spacial score (nSPS) is 17.4. The highest BCUT2D eigenvalue weighted by Gasteiger charge is 2.24. The van der Waals surface area contributed by atoms with E-state index in [4.69, 9.17) is 9.47 Å². The van der Waals surface area contributed by atoms with Gasteiger partial charge in [0.1, 0.15) is 0 Å². The number of guanidine groups is 1. The number of rotatable bonds is 12. The van der Waals surface area contributed by atoms with Crippen LogP contribution in [0, 0.1) is 5.92 Å². The van der Waals surface area contributed by atoms with Crippen LogP contribution in [-0.2, 0) is 9.47 Å². The van der Waals surface area contributed by atoms with E-state index < -0.39 is 0 Å². The Labute approximate surface area is 142 Å². The van der Waals surface area contributed by atoms with E-state index >= 15 is 0 Å². The molecule has 0 spiro atoms. The van der Waals surface area contributed by atoms with Crippen molar-refractivity contribution in [3.05, 3.63) is 0 Å². The van der Waals surface area contributed by atoms with E-state index in [0.717, 1.165) is 64.2 Å². The molecule has 1 unspecified atom stereocenters. The fraction of sp³-hybridized carbons (Fsp3) is 0.944. The third kappa shape index (κ3) is 9.16. The molecule has 0 aromatic carbocycles. The molecule has 0 aliphatic heterocycles. The third-order valence-corrected chi connectivity index (χ3v) is 4.29. The molecule has 1 rings (SSSR count). The summed E-state index contributed by atoms with van der Waals surface area (Å²) in [6.45, 7) is 11.2. The van der Waals surface area contributed by atoms with Gasteiger partial charge in [0.15, 0.2) is 5.96 Å². The maximum atomic E-state index is 5.98. The standard InChI is InChI=1S/C18H37N3O2/c1-4-19-18(20-13-9-15-22-5-2)21-14-12-17(23-6-3)16-10-7-8-11-16/h16-17H,4-15H2,1-3H3,(H2,19,20,21). The maximum Gasteiger partial charge on any atom is 0.191 e. The number of ether oxygens (including phenoxy) is 2. The summed E-state index contributed by atoms with van der Waals surface area (Å²) in [5.74, 6) is 1.66. The van der Waals surface area contributed by atoms with Crippen molar-refractivity contribution in [3.8, 4) is 0 Å². The molecule has 0 radical (unpaired) electrons. The molecule has 0 bridgehead atoms. The van der Waals surface area contributed by atoms with Gasteiger partial charge in [-0.05, 0) is 52.4 Å². The highest BCUT2D eigenvalue weighted by atomic mass is 16.5. The Bertz CT molecular complexity index is 305. The second kappa shape index (κ2) is 13.6. The van der Waals surface area contributed by atoms with Gasteiger partial charge in [-0.2, -0.15) is 0 Å². The van der Waals surface area contributed by atoms with Crippen LogP contribution in [0.25, 0.3) is 0 Å². The lowest BCUT2D eigenvalue weighted by Crippen LogP contribution is -2.39. The van der Waals surface area contributed by atoms with Crippen molar-refractivity contribution in [1.82, 2.24) is 10.6 Å². The summed E-state index contributed by atoms with van der Waals surface area (Å²) in [6, 6.07) is 0. The Morgan fingerprint density at radius 2 is 1.91 bits per heavy atom. The molecule has 2 N–H and O–H groups in total. The Kier molecular flexibility index (Phi) is 12.0. The summed E-state index contributed by atoms with van der Waals surface area (Å²) in [5.41, 5.74) is 0. The monoisotopic (exact) mass is 327 g/mol. The summed E-state index contributed by atoms with van der Waals surface area (Å²) in [6.07, 6.45) is 7.82. The summed E-state index contributed by atoms with van der Waals surface area (Å²) < 4.78 is 11.3. The molecule has 1 aliphatic carbocycles. The molecule has 136 valence electrons. The van der Waals surface area contributed by atoms with Gasteiger partial charge in [-0.1, -0.05) is 12.8 Å². The van der Waals surface area contributed by atoms with Crippen LogP contribution in [-0.4, -0.2) is 51.5 Å². The minimum atomic E-state index is 0.399. The Morgan fingerprint density at radius 3 is 2.57 bits per heavy atom. The topological polar surface area (TPSA) is 54.9 Å². The lowest BCUT2D eigenvalue weighted by atomic mass is 9.98. The molecule has 1 atom stereocenters. The zero-order valence-corrected chi connectivity index (χ0v) is 15.4. The SMILES string of the molecule is CCNC(=NCCCOCC)NCCC(OCC)C1CCCC1. The van der Waals surface area contributed by atoms with Crippen molar-refractivity contribution in [2.24, 2.45) is 10.9 Å². The molecule has 1 saturated carbocycles. The van der Waals surface area contributed by atoms with Crippen molar-refractivity contribution in [2.75, 3.05) is 39.5 Å². The van der Waals surface area contributed by atoms with E-state index in [-0.39, 0.29) is 0 Å². The molecule has 0 heterocycles. The number of nitrogens with zero attached hydrogens (tertiary/aromatic N) is 1. The molecule has 5 nitrogen and oxygen atoms in total. The first-order valence-electron chi connectivity index (χ1n) is 9.53. The van der Waals surface area contributed by atoms with E-state index in [1.807, 2.05) is 6.92 Å². The second-order valence-electron chi connectivity index (χ2n) is 6.06.